The van der Waals surface area contributed by atoms with Gasteiger partial charge in [0.2, 0.25) is 0 Å². The van der Waals surface area contributed by atoms with Crippen molar-refractivity contribution in [2.75, 3.05) is 27.3 Å². The molecule has 0 aliphatic carbocycles. The highest BCUT2D eigenvalue weighted by Gasteiger charge is 2.27. The van der Waals surface area contributed by atoms with Crippen molar-refractivity contribution >= 4 is 10.9 Å². The fourth-order valence-electron chi connectivity index (χ4n) is 4.43. The zero-order valence-electron chi connectivity index (χ0n) is 17.3. The molecule has 1 N–H and O–H groups in total. The van der Waals surface area contributed by atoms with Crippen molar-refractivity contribution < 1.29 is 9.47 Å². The monoisotopic (exact) mass is 378 g/mol. The third kappa shape index (κ3) is 3.49. The number of aryl methyl sites for hydroxylation is 2. The van der Waals surface area contributed by atoms with E-state index in [1.165, 1.54) is 33.2 Å². The van der Waals surface area contributed by atoms with E-state index in [1.54, 1.807) is 7.11 Å². The number of hydrogen-bond donors (Lipinski definition) is 1. The molecule has 1 aromatic heterocycles. The van der Waals surface area contributed by atoms with Gasteiger partial charge in [0.1, 0.15) is 0 Å². The Morgan fingerprint density at radius 1 is 1.18 bits per heavy atom. The zero-order chi connectivity index (χ0) is 19.7. The van der Waals surface area contributed by atoms with Gasteiger partial charge >= 0.3 is 0 Å². The first kappa shape index (κ1) is 18.9. The van der Waals surface area contributed by atoms with E-state index in [4.69, 9.17) is 9.47 Å². The molecule has 0 spiro atoms. The van der Waals surface area contributed by atoms with Crippen molar-refractivity contribution in [3.63, 3.8) is 0 Å². The average molecular weight is 379 g/mol. The van der Waals surface area contributed by atoms with E-state index in [2.05, 4.69) is 60.4 Å². The number of ether oxygens (including phenoxy) is 2. The molecule has 4 nitrogen and oxygen atoms in total. The van der Waals surface area contributed by atoms with Crippen LogP contribution in [0.4, 0.5) is 0 Å². The Morgan fingerprint density at radius 2 is 2.04 bits per heavy atom. The third-order valence-corrected chi connectivity index (χ3v) is 5.96. The van der Waals surface area contributed by atoms with Gasteiger partial charge < -0.3 is 14.5 Å². The maximum Gasteiger partial charge on any atom is 0.161 e. The summed E-state index contributed by atoms with van der Waals surface area (Å²) in [6.45, 7) is 5.89. The second-order valence-electron chi connectivity index (χ2n) is 7.78. The summed E-state index contributed by atoms with van der Waals surface area (Å²) in [5.74, 6) is 1.70. The predicted octanol–water partition coefficient (Wildman–Crippen LogP) is 5.05. The van der Waals surface area contributed by atoms with Crippen molar-refractivity contribution in [1.29, 1.82) is 0 Å². The number of methoxy groups -OCH3 is 1. The van der Waals surface area contributed by atoms with Crippen LogP contribution in [0.1, 0.15) is 41.6 Å². The highest BCUT2D eigenvalue weighted by molar-refractivity contribution is 5.83. The lowest BCUT2D eigenvalue weighted by atomic mass is 9.88. The SMILES string of the molecule is CCOc1cc2c(cc1OC)CCN(C)C2CCc1c[nH]c2ccc(C)cc12. The minimum Gasteiger partial charge on any atom is -0.493 e. The van der Waals surface area contributed by atoms with Crippen LogP contribution in [-0.2, 0) is 12.8 Å². The average Bonchev–Trinajstić information content (AvgIpc) is 3.09. The van der Waals surface area contributed by atoms with E-state index in [0.717, 1.165) is 37.3 Å². The van der Waals surface area contributed by atoms with Gasteiger partial charge in [0.05, 0.1) is 13.7 Å². The van der Waals surface area contributed by atoms with Gasteiger partial charge in [-0.3, -0.25) is 4.90 Å². The quantitative estimate of drug-likeness (QED) is 0.652. The number of nitrogens with zero attached hydrogens (tertiary/aromatic N) is 1. The Balaban J connectivity index is 1.62. The lowest BCUT2D eigenvalue weighted by Crippen LogP contribution is -2.32. The summed E-state index contributed by atoms with van der Waals surface area (Å²) in [4.78, 5) is 5.90. The van der Waals surface area contributed by atoms with Gasteiger partial charge in [-0.05, 0) is 81.1 Å². The zero-order valence-corrected chi connectivity index (χ0v) is 17.3. The number of fused-ring (bicyclic) bond motifs is 2. The summed E-state index contributed by atoms with van der Waals surface area (Å²) < 4.78 is 11.4. The molecule has 1 unspecified atom stereocenters. The lowest BCUT2D eigenvalue weighted by molar-refractivity contribution is 0.217. The normalized spacial score (nSPS) is 16.9. The largest absolute Gasteiger partial charge is 0.493 e. The standard InChI is InChI=1S/C24H30N2O2/c1-5-28-24-14-20-17(13-23(24)27-4)10-11-26(3)22(20)9-7-18-15-25-21-8-6-16(2)12-19(18)21/h6,8,12-15,22,25H,5,7,9-11H2,1-4H3. The molecule has 1 aliphatic heterocycles. The topological polar surface area (TPSA) is 37.5 Å². The highest BCUT2D eigenvalue weighted by Crippen LogP contribution is 2.39. The Bertz CT molecular complexity index is 976. The first-order valence-electron chi connectivity index (χ1n) is 10.2. The van der Waals surface area contributed by atoms with Gasteiger partial charge in [-0.25, -0.2) is 0 Å². The van der Waals surface area contributed by atoms with Gasteiger partial charge in [0, 0.05) is 29.7 Å². The Hall–Kier alpha value is -2.46. The van der Waals surface area contributed by atoms with Gasteiger partial charge in [-0.15, -0.1) is 0 Å². The van der Waals surface area contributed by atoms with E-state index in [0.29, 0.717) is 12.6 Å². The van der Waals surface area contributed by atoms with Crippen LogP contribution in [0.25, 0.3) is 10.9 Å². The molecule has 0 saturated heterocycles. The molecule has 0 amide bonds. The summed E-state index contributed by atoms with van der Waals surface area (Å²) >= 11 is 0. The van der Waals surface area contributed by atoms with Crippen LogP contribution in [0.15, 0.2) is 36.5 Å². The molecule has 0 fully saturated rings. The van der Waals surface area contributed by atoms with Crippen molar-refractivity contribution in [2.24, 2.45) is 0 Å². The molecule has 4 heteroatoms. The third-order valence-electron chi connectivity index (χ3n) is 5.96. The predicted molar refractivity (Wildman–Crippen MR) is 115 cm³/mol. The fourth-order valence-corrected chi connectivity index (χ4v) is 4.43. The number of likely N-dealkylation sites (N-methyl/N-ethyl adjacent to an activating group) is 1. The number of H-pyrrole nitrogens is 1. The van der Waals surface area contributed by atoms with Gasteiger partial charge in [-0.1, -0.05) is 11.6 Å². The van der Waals surface area contributed by atoms with Crippen LogP contribution in [0.5, 0.6) is 11.5 Å². The maximum absolute atomic E-state index is 5.85. The second kappa shape index (κ2) is 7.88. The molecule has 1 atom stereocenters. The van der Waals surface area contributed by atoms with Crippen molar-refractivity contribution in [3.05, 3.63) is 58.8 Å². The van der Waals surface area contributed by atoms with Crippen LogP contribution in [0, 0.1) is 6.92 Å². The van der Waals surface area contributed by atoms with E-state index < -0.39 is 0 Å². The molecule has 28 heavy (non-hydrogen) atoms. The number of benzene rings is 2. The Kier molecular flexibility index (Phi) is 5.31. The Labute approximate surface area is 167 Å². The maximum atomic E-state index is 5.85. The van der Waals surface area contributed by atoms with E-state index in [9.17, 15) is 0 Å². The second-order valence-corrected chi connectivity index (χ2v) is 7.78. The molecule has 0 radical (unpaired) electrons. The molecule has 3 aromatic rings. The van der Waals surface area contributed by atoms with Crippen LogP contribution >= 0.6 is 0 Å². The number of aromatic nitrogens is 1. The van der Waals surface area contributed by atoms with Crippen LogP contribution in [0.3, 0.4) is 0 Å². The summed E-state index contributed by atoms with van der Waals surface area (Å²) in [6, 6.07) is 11.4. The summed E-state index contributed by atoms with van der Waals surface area (Å²) in [6.07, 6.45) is 5.36. The highest BCUT2D eigenvalue weighted by atomic mass is 16.5. The van der Waals surface area contributed by atoms with Gasteiger partial charge in [0.15, 0.2) is 11.5 Å². The van der Waals surface area contributed by atoms with Crippen LogP contribution in [0.2, 0.25) is 0 Å². The molecular formula is C24H30N2O2. The van der Waals surface area contributed by atoms with Crippen LogP contribution in [-0.4, -0.2) is 37.2 Å². The molecule has 2 heterocycles. The Morgan fingerprint density at radius 3 is 2.82 bits per heavy atom. The molecule has 1 aliphatic rings. The van der Waals surface area contributed by atoms with Gasteiger partial charge in [-0.2, -0.15) is 0 Å². The van der Waals surface area contributed by atoms with E-state index in [1.807, 2.05) is 6.92 Å². The molecule has 0 bridgehead atoms. The van der Waals surface area contributed by atoms with Crippen molar-refractivity contribution in [2.45, 2.75) is 39.2 Å². The summed E-state index contributed by atoms with van der Waals surface area (Å²) in [5, 5.41) is 1.35. The minimum atomic E-state index is 0.392. The molecular weight excluding hydrogens is 348 g/mol. The summed E-state index contributed by atoms with van der Waals surface area (Å²) in [7, 11) is 3.95. The van der Waals surface area contributed by atoms with Crippen LogP contribution < -0.4 is 9.47 Å². The molecule has 148 valence electrons. The lowest BCUT2D eigenvalue weighted by Gasteiger charge is -2.35. The summed E-state index contributed by atoms with van der Waals surface area (Å²) in [5.41, 5.74) is 6.70. The fraction of sp³-hybridized carbons (Fsp3) is 0.417. The van der Waals surface area contributed by atoms with Crippen molar-refractivity contribution in [1.82, 2.24) is 9.88 Å². The molecule has 4 rings (SSSR count). The molecule has 2 aromatic carbocycles. The number of hydrogen-bond acceptors (Lipinski definition) is 3. The van der Waals surface area contributed by atoms with E-state index >= 15 is 0 Å². The first-order chi connectivity index (χ1) is 13.6. The van der Waals surface area contributed by atoms with E-state index in [-0.39, 0.29) is 0 Å². The minimum absolute atomic E-state index is 0.392. The smallest absolute Gasteiger partial charge is 0.161 e. The van der Waals surface area contributed by atoms with Crippen molar-refractivity contribution in [3.8, 4) is 11.5 Å². The first-order valence-corrected chi connectivity index (χ1v) is 10.2. The number of rotatable bonds is 6. The van der Waals surface area contributed by atoms with Gasteiger partial charge in [0.25, 0.3) is 0 Å². The number of aromatic amines is 1. The number of nitrogens with one attached hydrogen (secondary N) is 1. The molecule has 0 saturated carbocycles.